The van der Waals surface area contributed by atoms with Crippen molar-refractivity contribution in [1.29, 1.82) is 0 Å². The Morgan fingerprint density at radius 3 is 0.926 bits per heavy atom. The molecule has 27 heavy (non-hydrogen) atoms. The van der Waals surface area contributed by atoms with Crippen molar-refractivity contribution in [2.24, 2.45) is 0 Å². The molecule has 0 saturated carbocycles. The number of aliphatic hydroxyl groups excluding tert-OH is 2. The van der Waals surface area contributed by atoms with Crippen molar-refractivity contribution in [2.75, 3.05) is 13.2 Å². The van der Waals surface area contributed by atoms with E-state index in [4.69, 9.17) is 20.4 Å². The number of carboxylic acid groups (broad SMARTS) is 2. The summed E-state index contributed by atoms with van der Waals surface area (Å²) in [6.07, 6.45) is 13.0. The van der Waals surface area contributed by atoms with Gasteiger partial charge in [-0.1, -0.05) is 84.8 Å². The number of aliphatic hydroxyl groups is 2. The molecule has 0 spiro atoms. The molecule has 162 valence electrons. The minimum Gasteiger partial charge on any atom is -0.478 e. The second kappa shape index (κ2) is 29.1. The van der Waals surface area contributed by atoms with Crippen molar-refractivity contribution in [3.05, 3.63) is 24.3 Å². The molecule has 0 aliphatic carbocycles. The third-order valence-corrected chi connectivity index (χ3v) is 3.04. The highest BCUT2D eigenvalue weighted by Crippen LogP contribution is 2.08. The summed E-state index contributed by atoms with van der Waals surface area (Å²) in [5.74, 6) is -1.87. The van der Waals surface area contributed by atoms with Crippen LogP contribution in [0.1, 0.15) is 85.5 Å². The quantitative estimate of drug-likeness (QED) is 0.297. The molecule has 0 heterocycles. The summed E-state index contributed by atoms with van der Waals surface area (Å²) in [5, 5.41) is 31.0. The molecule has 0 unspecified atom stereocenters. The maximum Gasteiger partial charge on any atom is 0.330 e. The van der Waals surface area contributed by atoms with Gasteiger partial charge in [-0.15, -0.1) is 0 Å². The molecular formula is C21H42O6. The fourth-order valence-electron chi connectivity index (χ4n) is 1.38. The van der Waals surface area contributed by atoms with Gasteiger partial charge in [0.1, 0.15) is 0 Å². The van der Waals surface area contributed by atoms with E-state index in [1.807, 2.05) is 0 Å². The van der Waals surface area contributed by atoms with Crippen molar-refractivity contribution in [2.45, 2.75) is 85.5 Å². The van der Waals surface area contributed by atoms with Crippen LogP contribution >= 0.6 is 0 Å². The molecule has 0 rings (SSSR count). The Labute approximate surface area is 165 Å². The van der Waals surface area contributed by atoms with Crippen molar-refractivity contribution in [3.8, 4) is 0 Å². The molecule has 0 fully saturated rings. The highest BCUT2D eigenvalue weighted by Gasteiger charge is 1.91. The minimum atomic E-state index is -0.935. The summed E-state index contributed by atoms with van der Waals surface area (Å²) < 4.78 is 0. The molecule has 6 heteroatoms. The lowest BCUT2D eigenvalue weighted by atomic mass is 10.1. The fraction of sp³-hybridized carbons (Fsp3) is 0.714. The van der Waals surface area contributed by atoms with E-state index in [1.165, 1.54) is 71.6 Å². The summed E-state index contributed by atoms with van der Waals surface area (Å²) in [5.41, 5.74) is 0.352. The molecule has 0 aromatic rings. The molecule has 0 aromatic heterocycles. The highest BCUT2D eigenvalue weighted by molar-refractivity contribution is 5.85. The predicted octanol–water partition coefficient (Wildman–Crippen LogP) is 4.80. The molecular weight excluding hydrogens is 348 g/mol. The van der Waals surface area contributed by atoms with Crippen LogP contribution in [0.2, 0.25) is 0 Å². The van der Waals surface area contributed by atoms with E-state index in [0.717, 1.165) is 0 Å². The molecule has 0 amide bonds. The second-order valence-corrected chi connectivity index (χ2v) is 6.09. The van der Waals surface area contributed by atoms with Crippen LogP contribution in [0.15, 0.2) is 24.3 Å². The van der Waals surface area contributed by atoms with Gasteiger partial charge in [0.25, 0.3) is 0 Å². The first-order valence-electron chi connectivity index (χ1n) is 9.61. The van der Waals surface area contributed by atoms with Gasteiger partial charge in [-0.25, -0.2) is 9.59 Å². The molecule has 6 nitrogen and oxygen atoms in total. The van der Waals surface area contributed by atoms with E-state index in [9.17, 15) is 9.59 Å². The lowest BCUT2D eigenvalue weighted by Crippen LogP contribution is -1.92. The third-order valence-electron chi connectivity index (χ3n) is 3.04. The van der Waals surface area contributed by atoms with Gasteiger partial charge in [0, 0.05) is 11.1 Å². The first-order chi connectivity index (χ1) is 12.6. The zero-order valence-corrected chi connectivity index (χ0v) is 17.8. The Morgan fingerprint density at radius 1 is 0.630 bits per heavy atom. The number of unbranched alkanes of at least 4 members (excludes halogenated alkanes) is 8. The molecule has 0 bridgehead atoms. The number of rotatable bonds is 11. The zero-order valence-electron chi connectivity index (χ0n) is 17.8. The second-order valence-electron chi connectivity index (χ2n) is 6.09. The zero-order chi connectivity index (χ0) is 22.1. The van der Waals surface area contributed by atoms with Gasteiger partial charge in [-0.2, -0.15) is 0 Å². The van der Waals surface area contributed by atoms with Crippen molar-refractivity contribution < 1.29 is 30.0 Å². The van der Waals surface area contributed by atoms with E-state index >= 15 is 0 Å². The van der Waals surface area contributed by atoms with E-state index in [-0.39, 0.29) is 24.4 Å². The Hall–Kier alpha value is -1.66. The molecule has 0 atom stereocenters. The standard InChI is InChI=1S/C11H24.2C4H6O2.C2H6O2/c1-3-5-7-9-11-10-8-6-4-2;2*1-3(2)4(5)6;3-1-2-4/h3-11H2,1-2H3;2*1H2,2H3,(H,5,6);3-4H,1-2H2. The number of carboxylic acids is 2. The normalized spacial score (nSPS) is 8.67. The third kappa shape index (κ3) is 51.6. The first kappa shape index (κ1) is 33.0. The van der Waals surface area contributed by atoms with E-state index in [0.29, 0.717) is 0 Å². The lowest BCUT2D eigenvalue weighted by molar-refractivity contribution is -0.133. The maximum atomic E-state index is 9.60. The predicted molar refractivity (Wildman–Crippen MR) is 112 cm³/mol. The average molecular weight is 391 g/mol. The average Bonchev–Trinajstić information content (AvgIpc) is 2.62. The summed E-state index contributed by atoms with van der Waals surface area (Å²) in [6, 6.07) is 0. The minimum absolute atomic E-state index is 0.125. The van der Waals surface area contributed by atoms with Crippen LogP contribution in [0.4, 0.5) is 0 Å². The molecule has 0 aliphatic heterocycles. The van der Waals surface area contributed by atoms with Crippen LogP contribution < -0.4 is 0 Å². The molecule has 0 radical (unpaired) electrons. The molecule has 4 N–H and O–H groups in total. The van der Waals surface area contributed by atoms with Crippen LogP contribution in [0.25, 0.3) is 0 Å². The Balaban J connectivity index is -0.000000142. The van der Waals surface area contributed by atoms with Gasteiger partial charge in [0.05, 0.1) is 13.2 Å². The smallest absolute Gasteiger partial charge is 0.330 e. The fourth-order valence-corrected chi connectivity index (χ4v) is 1.38. The van der Waals surface area contributed by atoms with Crippen LogP contribution in [0.5, 0.6) is 0 Å². The van der Waals surface area contributed by atoms with Crippen LogP contribution in [-0.2, 0) is 9.59 Å². The Bertz CT molecular complexity index is 306. The van der Waals surface area contributed by atoms with Crippen molar-refractivity contribution in [3.63, 3.8) is 0 Å². The van der Waals surface area contributed by atoms with Crippen LogP contribution in [0.3, 0.4) is 0 Å². The van der Waals surface area contributed by atoms with E-state index in [2.05, 4.69) is 27.0 Å². The van der Waals surface area contributed by atoms with Crippen LogP contribution in [0, 0.1) is 0 Å². The molecule has 0 saturated heterocycles. The lowest BCUT2D eigenvalue weighted by Gasteiger charge is -1.98. The number of hydrogen-bond acceptors (Lipinski definition) is 4. The maximum absolute atomic E-state index is 9.60. The van der Waals surface area contributed by atoms with Gasteiger partial charge >= 0.3 is 11.9 Å². The van der Waals surface area contributed by atoms with E-state index < -0.39 is 11.9 Å². The number of hydrogen-bond donors (Lipinski definition) is 4. The van der Waals surface area contributed by atoms with Gasteiger partial charge < -0.3 is 20.4 Å². The highest BCUT2D eigenvalue weighted by atomic mass is 16.4. The van der Waals surface area contributed by atoms with Crippen molar-refractivity contribution in [1.82, 2.24) is 0 Å². The summed E-state index contributed by atoms with van der Waals surface area (Å²) in [6.45, 7) is 13.5. The number of carbonyl (C=O) groups is 2. The van der Waals surface area contributed by atoms with Gasteiger partial charge in [-0.05, 0) is 13.8 Å². The Kier molecular flexibility index (Phi) is 35.5. The topological polar surface area (TPSA) is 115 Å². The summed E-state index contributed by atoms with van der Waals surface area (Å²) in [7, 11) is 0. The first-order valence-corrected chi connectivity index (χ1v) is 9.61. The van der Waals surface area contributed by atoms with Crippen LogP contribution in [-0.4, -0.2) is 45.6 Å². The largest absolute Gasteiger partial charge is 0.478 e. The molecule has 0 aliphatic rings. The van der Waals surface area contributed by atoms with E-state index in [1.54, 1.807) is 0 Å². The van der Waals surface area contributed by atoms with Crippen molar-refractivity contribution >= 4 is 11.9 Å². The molecule has 0 aromatic carbocycles. The summed E-state index contributed by atoms with van der Waals surface area (Å²) >= 11 is 0. The van der Waals surface area contributed by atoms with Gasteiger partial charge in [0.2, 0.25) is 0 Å². The Morgan fingerprint density at radius 2 is 0.815 bits per heavy atom. The number of aliphatic carboxylic acids is 2. The SMILES string of the molecule is C=C(C)C(=O)O.C=C(C)C(=O)O.CCCCCCCCCCC.OCCO. The monoisotopic (exact) mass is 390 g/mol. The van der Waals surface area contributed by atoms with Gasteiger partial charge in [-0.3, -0.25) is 0 Å². The van der Waals surface area contributed by atoms with Gasteiger partial charge in [0.15, 0.2) is 0 Å². The summed E-state index contributed by atoms with van der Waals surface area (Å²) in [4.78, 5) is 19.2.